The predicted molar refractivity (Wildman–Crippen MR) is 52.7 cm³/mol. The lowest BCUT2D eigenvalue weighted by Gasteiger charge is -2.10. The number of rotatable bonds is 3. The van der Waals surface area contributed by atoms with Crippen LogP contribution in [0.5, 0.6) is 0 Å². The van der Waals surface area contributed by atoms with Crippen LogP contribution in [0.1, 0.15) is 11.1 Å². The van der Waals surface area contributed by atoms with Crippen LogP contribution in [0.3, 0.4) is 0 Å². The summed E-state index contributed by atoms with van der Waals surface area (Å²) >= 11 is 5.22. The average molecular weight is 309 g/mol. The van der Waals surface area contributed by atoms with Crippen molar-refractivity contribution >= 4 is 21.7 Å². The SMILES string of the molecule is O=S(=O)(Cc1cc(C(F)(F)F)cc(Cl)c1F)OO. The smallest absolute Gasteiger partial charge is 0.235 e. The zero-order valence-electron chi connectivity index (χ0n) is 8.33. The fourth-order valence-corrected chi connectivity index (χ4v) is 2.01. The molecule has 0 atom stereocenters. The van der Waals surface area contributed by atoms with E-state index < -0.39 is 44.0 Å². The Labute approximate surface area is 104 Å². The van der Waals surface area contributed by atoms with Crippen LogP contribution in [0.2, 0.25) is 5.02 Å². The van der Waals surface area contributed by atoms with Crippen LogP contribution in [-0.2, 0) is 26.4 Å². The summed E-state index contributed by atoms with van der Waals surface area (Å²) in [4.78, 5) is 0. The van der Waals surface area contributed by atoms with E-state index in [1.165, 1.54) is 0 Å². The molecule has 10 heteroatoms. The molecular weight excluding hydrogens is 304 g/mol. The summed E-state index contributed by atoms with van der Waals surface area (Å²) in [5.74, 6) is -2.61. The van der Waals surface area contributed by atoms with Gasteiger partial charge in [-0.1, -0.05) is 11.6 Å². The van der Waals surface area contributed by atoms with Gasteiger partial charge in [0.05, 0.1) is 10.6 Å². The van der Waals surface area contributed by atoms with Gasteiger partial charge in [-0.15, -0.1) is 4.33 Å². The van der Waals surface area contributed by atoms with Gasteiger partial charge in [0.25, 0.3) is 10.1 Å². The highest BCUT2D eigenvalue weighted by molar-refractivity contribution is 7.85. The van der Waals surface area contributed by atoms with Crippen molar-refractivity contribution in [3.05, 3.63) is 34.1 Å². The van der Waals surface area contributed by atoms with Gasteiger partial charge in [0.15, 0.2) is 0 Å². The summed E-state index contributed by atoms with van der Waals surface area (Å²) in [6.07, 6.45) is -4.81. The van der Waals surface area contributed by atoms with Gasteiger partial charge in [0.2, 0.25) is 0 Å². The van der Waals surface area contributed by atoms with E-state index in [1.54, 1.807) is 0 Å². The standard InChI is InChI=1S/C8H5ClF4O4S/c9-6-2-5(8(11,12)13)1-4(7(6)10)3-18(15,16)17-14/h1-2,14H,3H2. The van der Waals surface area contributed by atoms with E-state index in [9.17, 15) is 26.0 Å². The Morgan fingerprint density at radius 2 is 1.89 bits per heavy atom. The molecule has 0 aromatic heterocycles. The van der Waals surface area contributed by atoms with Gasteiger partial charge < -0.3 is 0 Å². The topological polar surface area (TPSA) is 63.6 Å². The molecule has 1 aromatic rings. The molecule has 0 radical (unpaired) electrons. The van der Waals surface area contributed by atoms with E-state index >= 15 is 0 Å². The second kappa shape index (κ2) is 5.00. The van der Waals surface area contributed by atoms with Crippen LogP contribution < -0.4 is 0 Å². The maximum Gasteiger partial charge on any atom is 0.416 e. The molecule has 0 amide bonds. The normalized spacial score (nSPS) is 12.8. The van der Waals surface area contributed by atoms with Crippen molar-refractivity contribution in [1.82, 2.24) is 0 Å². The first-order valence-electron chi connectivity index (χ1n) is 4.17. The van der Waals surface area contributed by atoms with Gasteiger partial charge in [-0.05, 0) is 12.1 Å². The summed E-state index contributed by atoms with van der Waals surface area (Å²) in [7, 11) is -4.58. The molecule has 1 aromatic carbocycles. The third-order valence-electron chi connectivity index (χ3n) is 1.88. The molecule has 1 N–H and O–H groups in total. The van der Waals surface area contributed by atoms with Gasteiger partial charge in [0, 0.05) is 5.56 Å². The summed E-state index contributed by atoms with van der Waals surface area (Å²) < 4.78 is 75.2. The Hall–Kier alpha value is -0.900. The molecule has 4 nitrogen and oxygen atoms in total. The van der Waals surface area contributed by atoms with E-state index in [0.717, 1.165) is 0 Å². The molecule has 0 spiro atoms. The first kappa shape index (κ1) is 15.2. The lowest BCUT2D eigenvalue weighted by Crippen LogP contribution is -2.11. The third-order valence-corrected chi connectivity index (χ3v) is 3.04. The molecular formula is C8H5ClF4O4S. The molecule has 0 heterocycles. The highest BCUT2D eigenvalue weighted by Gasteiger charge is 2.33. The molecule has 1 rings (SSSR count). The molecule has 102 valence electrons. The zero-order chi connectivity index (χ0) is 14.1. The van der Waals surface area contributed by atoms with Crippen LogP contribution in [0.4, 0.5) is 17.6 Å². The average Bonchev–Trinajstić information content (AvgIpc) is 2.22. The van der Waals surface area contributed by atoms with E-state index in [0.29, 0.717) is 6.07 Å². The predicted octanol–water partition coefficient (Wildman–Crippen LogP) is 2.82. The van der Waals surface area contributed by atoms with E-state index in [1.807, 2.05) is 0 Å². The molecule has 0 aliphatic carbocycles. The largest absolute Gasteiger partial charge is 0.416 e. The monoisotopic (exact) mass is 308 g/mol. The molecule has 0 saturated carbocycles. The maximum atomic E-state index is 13.3. The quantitative estimate of drug-likeness (QED) is 0.530. The molecule has 0 aliphatic rings. The Balaban J connectivity index is 3.32. The van der Waals surface area contributed by atoms with Gasteiger partial charge in [-0.3, -0.25) is 0 Å². The van der Waals surface area contributed by atoms with E-state index in [4.69, 9.17) is 16.9 Å². The Morgan fingerprint density at radius 1 is 1.33 bits per heavy atom. The number of alkyl halides is 3. The van der Waals surface area contributed by atoms with Gasteiger partial charge >= 0.3 is 6.18 Å². The summed E-state index contributed by atoms with van der Waals surface area (Å²) in [6, 6.07) is 0.602. The minimum Gasteiger partial charge on any atom is -0.235 e. The van der Waals surface area contributed by atoms with E-state index in [-0.39, 0.29) is 6.07 Å². The molecule has 0 unspecified atom stereocenters. The lowest BCUT2D eigenvalue weighted by molar-refractivity contribution is -0.137. The van der Waals surface area contributed by atoms with Crippen molar-refractivity contribution in [2.45, 2.75) is 11.9 Å². The van der Waals surface area contributed by atoms with E-state index in [2.05, 4.69) is 4.33 Å². The van der Waals surface area contributed by atoms with Crippen LogP contribution in [0.25, 0.3) is 0 Å². The highest BCUT2D eigenvalue weighted by atomic mass is 35.5. The molecule has 0 saturated heterocycles. The zero-order valence-corrected chi connectivity index (χ0v) is 9.90. The molecule has 18 heavy (non-hydrogen) atoms. The summed E-state index contributed by atoms with van der Waals surface area (Å²) in [5.41, 5.74) is -2.17. The minimum atomic E-state index is -4.81. The van der Waals surface area contributed by atoms with Crippen molar-refractivity contribution in [3.8, 4) is 0 Å². The van der Waals surface area contributed by atoms with Crippen molar-refractivity contribution in [2.75, 3.05) is 0 Å². The number of benzene rings is 1. The number of hydrogen-bond donors (Lipinski definition) is 1. The fraction of sp³-hybridized carbons (Fsp3) is 0.250. The fourth-order valence-electron chi connectivity index (χ4n) is 1.13. The van der Waals surface area contributed by atoms with Gasteiger partial charge in [-0.25, -0.2) is 9.65 Å². The van der Waals surface area contributed by atoms with Crippen molar-refractivity contribution < 1.29 is 35.6 Å². The third kappa shape index (κ3) is 3.55. The first-order chi connectivity index (χ1) is 8.07. The summed E-state index contributed by atoms with van der Waals surface area (Å²) in [6.45, 7) is 0. The highest BCUT2D eigenvalue weighted by Crippen LogP contribution is 2.33. The van der Waals surface area contributed by atoms with Crippen LogP contribution in [0.15, 0.2) is 12.1 Å². The second-order valence-electron chi connectivity index (χ2n) is 3.21. The Bertz CT molecular complexity index is 555. The molecule has 0 fully saturated rings. The van der Waals surface area contributed by atoms with Gasteiger partial charge in [0.1, 0.15) is 11.6 Å². The Kier molecular flexibility index (Phi) is 4.21. The Morgan fingerprint density at radius 3 is 2.33 bits per heavy atom. The number of halogens is 5. The van der Waals surface area contributed by atoms with Crippen molar-refractivity contribution in [3.63, 3.8) is 0 Å². The van der Waals surface area contributed by atoms with Crippen molar-refractivity contribution in [1.29, 1.82) is 0 Å². The number of hydrogen-bond acceptors (Lipinski definition) is 4. The second-order valence-corrected chi connectivity index (χ2v) is 5.17. The van der Waals surface area contributed by atoms with Gasteiger partial charge in [-0.2, -0.15) is 21.6 Å². The van der Waals surface area contributed by atoms with Crippen LogP contribution in [0, 0.1) is 5.82 Å². The molecule has 0 aliphatic heterocycles. The summed E-state index contributed by atoms with van der Waals surface area (Å²) in [5, 5.41) is 7.10. The lowest BCUT2D eigenvalue weighted by atomic mass is 10.1. The maximum absolute atomic E-state index is 13.3. The van der Waals surface area contributed by atoms with Crippen LogP contribution in [-0.4, -0.2) is 13.7 Å². The molecule has 0 bridgehead atoms. The van der Waals surface area contributed by atoms with Crippen molar-refractivity contribution in [2.24, 2.45) is 0 Å². The first-order valence-corrected chi connectivity index (χ1v) is 6.13. The van der Waals surface area contributed by atoms with Crippen LogP contribution >= 0.6 is 11.6 Å². The minimum absolute atomic E-state index is 0.276.